The average Bonchev–Trinajstić information content (AvgIpc) is 2.59. The van der Waals surface area contributed by atoms with E-state index in [1.54, 1.807) is 11.8 Å². The van der Waals surface area contributed by atoms with Gasteiger partial charge in [-0.05, 0) is 52.9 Å². The number of carbonyl (C=O) groups is 2. The van der Waals surface area contributed by atoms with Crippen LogP contribution in [0, 0.1) is 5.92 Å². The third-order valence-corrected chi connectivity index (χ3v) is 4.66. The summed E-state index contributed by atoms with van der Waals surface area (Å²) < 4.78 is 5.55. The largest absolute Gasteiger partial charge is 0.458 e. The summed E-state index contributed by atoms with van der Waals surface area (Å²) in [6.07, 6.45) is 6.30. The summed E-state index contributed by atoms with van der Waals surface area (Å²) in [5.74, 6) is 0.00236. The number of nitrogens with zero attached hydrogens (tertiary/aromatic N) is 1. The summed E-state index contributed by atoms with van der Waals surface area (Å²) in [5, 5.41) is 0. The van der Waals surface area contributed by atoms with Gasteiger partial charge in [-0.1, -0.05) is 19.3 Å². The van der Waals surface area contributed by atoms with Gasteiger partial charge in [0, 0.05) is 6.04 Å². The summed E-state index contributed by atoms with van der Waals surface area (Å²) in [6, 6.07) is -0.892. The Kier molecular flexibility index (Phi) is 6.90. The van der Waals surface area contributed by atoms with Gasteiger partial charge in [0.1, 0.15) is 11.6 Å². The molecule has 0 aromatic rings. The molecular weight excluding hydrogens is 316 g/mol. The van der Waals surface area contributed by atoms with Crippen molar-refractivity contribution >= 4 is 24.3 Å². The Hall–Kier alpha value is -0.810. The molecule has 2 fully saturated rings. The second-order valence-corrected chi connectivity index (χ2v) is 7.78. The molecule has 5 nitrogen and oxygen atoms in total. The summed E-state index contributed by atoms with van der Waals surface area (Å²) in [4.78, 5) is 26.9. The second-order valence-electron chi connectivity index (χ2n) is 7.78. The number of nitrogens with two attached hydrogens (primary N) is 1. The highest BCUT2D eigenvalue weighted by atomic mass is 35.5. The number of hydrogen-bond acceptors (Lipinski definition) is 4. The van der Waals surface area contributed by atoms with Crippen LogP contribution in [0.3, 0.4) is 0 Å². The number of amides is 1. The van der Waals surface area contributed by atoms with Gasteiger partial charge in [0.15, 0.2) is 0 Å². The zero-order valence-corrected chi connectivity index (χ0v) is 15.5. The van der Waals surface area contributed by atoms with Crippen molar-refractivity contribution < 1.29 is 14.3 Å². The van der Waals surface area contributed by atoms with E-state index in [9.17, 15) is 9.59 Å². The van der Waals surface area contributed by atoms with Crippen LogP contribution in [0.2, 0.25) is 0 Å². The molecule has 2 N–H and O–H groups in total. The molecule has 2 aliphatic rings. The predicted octanol–water partition coefficient (Wildman–Crippen LogP) is 2.65. The van der Waals surface area contributed by atoms with Crippen LogP contribution in [0.25, 0.3) is 0 Å². The van der Waals surface area contributed by atoms with E-state index in [-0.39, 0.29) is 30.3 Å². The van der Waals surface area contributed by atoms with Crippen LogP contribution in [0.5, 0.6) is 0 Å². The van der Waals surface area contributed by atoms with Gasteiger partial charge >= 0.3 is 5.97 Å². The van der Waals surface area contributed by atoms with E-state index in [0.717, 1.165) is 25.7 Å². The number of hydrogen-bond donors (Lipinski definition) is 1. The topological polar surface area (TPSA) is 72.6 Å². The van der Waals surface area contributed by atoms with E-state index in [1.165, 1.54) is 12.8 Å². The van der Waals surface area contributed by atoms with E-state index in [0.29, 0.717) is 5.92 Å². The van der Waals surface area contributed by atoms with Crippen LogP contribution in [0.1, 0.15) is 66.2 Å². The predicted molar refractivity (Wildman–Crippen MR) is 92.4 cm³/mol. The van der Waals surface area contributed by atoms with Gasteiger partial charge in [0.25, 0.3) is 0 Å². The fourth-order valence-electron chi connectivity index (χ4n) is 3.77. The Morgan fingerprint density at radius 1 is 1.17 bits per heavy atom. The maximum absolute atomic E-state index is 12.6. The van der Waals surface area contributed by atoms with E-state index in [4.69, 9.17) is 10.5 Å². The lowest BCUT2D eigenvalue weighted by atomic mass is 9.94. The van der Waals surface area contributed by atoms with Gasteiger partial charge in [-0.3, -0.25) is 4.79 Å². The van der Waals surface area contributed by atoms with Crippen LogP contribution < -0.4 is 5.73 Å². The van der Waals surface area contributed by atoms with Crippen LogP contribution >= 0.6 is 12.4 Å². The molecule has 0 bridgehead atoms. The highest BCUT2D eigenvalue weighted by Gasteiger charge is 2.48. The standard InChI is InChI=1S/C17H30N2O3.ClH/c1-11(18)15(20)19-13-9-7-5-6-8-12(13)10-14(19)16(21)22-17(2,3)4;/h11-14H,5-10,18H2,1-4H3;1H/t11-,12+,13-,14-;/m0./s1. The number of fused-ring (bicyclic) bond motifs is 1. The monoisotopic (exact) mass is 346 g/mol. The van der Waals surface area contributed by atoms with Crippen molar-refractivity contribution in [1.29, 1.82) is 0 Å². The lowest BCUT2D eigenvalue weighted by molar-refractivity contribution is -0.164. The first-order valence-corrected chi connectivity index (χ1v) is 8.51. The van der Waals surface area contributed by atoms with E-state index in [2.05, 4.69) is 0 Å². The summed E-state index contributed by atoms with van der Waals surface area (Å²) in [5.41, 5.74) is 5.29. The fraction of sp³-hybridized carbons (Fsp3) is 0.882. The lowest BCUT2D eigenvalue weighted by Gasteiger charge is -2.33. The molecule has 1 saturated heterocycles. The molecule has 0 aromatic carbocycles. The van der Waals surface area contributed by atoms with Crippen LogP contribution in [-0.4, -0.2) is 40.5 Å². The highest BCUT2D eigenvalue weighted by Crippen LogP contribution is 2.39. The number of rotatable bonds is 2. The maximum Gasteiger partial charge on any atom is 0.329 e. The molecule has 23 heavy (non-hydrogen) atoms. The zero-order valence-electron chi connectivity index (χ0n) is 14.7. The molecule has 1 amide bonds. The molecule has 134 valence electrons. The van der Waals surface area contributed by atoms with Gasteiger partial charge in [-0.15, -0.1) is 12.4 Å². The minimum absolute atomic E-state index is 0. The first kappa shape index (κ1) is 20.2. The van der Waals surface area contributed by atoms with E-state index >= 15 is 0 Å². The maximum atomic E-state index is 12.6. The zero-order chi connectivity index (χ0) is 16.5. The Morgan fingerprint density at radius 3 is 2.35 bits per heavy atom. The van der Waals surface area contributed by atoms with Gasteiger partial charge < -0.3 is 15.4 Å². The first-order valence-electron chi connectivity index (χ1n) is 8.51. The molecule has 1 aliphatic heterocycles. The summed E-state index contributed by atoms with van der Waals surface area (Å²) in [6.45, 7) is 7.26. The molecule has 1 saturated carbocycles. The molecule has 0 radical (unpaired) electrons. The molecular formula is C17H31ClN2O3. The van der Waals surface area contributed by atoms with Crippen molar-refractivity contribution in [2.24, 2.45) is 11.7 Å². The van der Waals surface area contributed by atoms with Crippen molar-refractivity contribution in [2.75, 3.05) is 0 Å². The molecule has 4 atom stereocenters. The molecule has 1 aliphatic carbocycles. The number of halogens is 1. The van der Waals surface area contributed by atoms with Crippen molar-refractivity contribution in [3.05, 3.63) is 0 Å². The van der Waals surface area contributed by atoms with Gasteiger partial charge in [0.2, 0.25) is 5.91 Å². The van der Waals surface area contributed by atoms with Gasteiger partial charge in [-0.2, -0.15) is 0 Å². The molecule has 1 heterocycles. The molecule has 0 unspecified atom stereocenters. The second kappa shape index (κ2) is 7.84. The van der Waals surface area contributed by atoms with Crippen LogP contribution in [0.15, 0.2) is 0 Å². The number of ether oxygens (including phenoxy) is 1. The number of esters is 1. The van der Waals surface area contributed by atoms with E-state index in [1.807, 2.05) is 20.8 Å². The van der Waals surface area contributed by atoms with Crippen LogP contribution in [-0.2, 0) is 14.3 Å². The van der Waals surface area contributed by atoms with E-state index < -0.39 is 17.7 Å². The summed E-state index contributed by atoms with van der Waals surface area (Å²) in [7, 11) is 0. The Labute approximate surface area is 145 Å². The van der Waals surface area contributed by atoms with Gasteiger partial charge in [0.05, 0.1) is 6.04 Å². The Bertz CT molecular complexity index is 434. The highest BCUT2D eigenvalue weighted by molar-refractivity contribution is 5.88. The quantitative estimate of drug-likeness (QED) is 0.780. The Balaban J connectivity index is 0.00000264. The minimum Gasteiger partial charge on any atom is -0.458 e. The summed E-state index contributed by atoms with van der Waals surface area (Å²) >= 11 is 0. The molecule has 0 aromatic heterocycles. The van der Waals surface area contributed by atoms with Crippen molar-refractivity contribution in [2.45, 2.75) is 89.9 Å². The van der Waals surface area contributed by atoms with Crippen molar-refractivity contribution in [3.8, 4) is 0 Å². The SMILES string of the molecule is C[C@H](N)C(=O)N1[C@H](C(=O)OC(C)(C)C)C[C@H]2CCCCC[C@@H]21.Cl. The van der Waals surface area contributed by atoms with Crippen molar-refractivity contribution in [1.82, 2.24) is 4.90 Å². The van der Waals surface area contributed by atoms with Crippen molar-refractivity contribution in [3.63, 3.8) is 0 Å². The Morgan fingerprint density at radius 2 is 1.78 bits per heavy atom. The first-order chi connectivity index (χ1) is 10.2. The smallest absolute Gasteiger partial charge is 0.329 e. The average molecular weight is 347 g/mol. The van der Waals surface area contributed by atoms with Gasteiger partial charge in [-0.25, -0.2) is 4.79 Å². The molecule has 0 spiro atoms. The molecule has 6 heteroatoms. The lowest BCUT2D eigenvalue weighted by Crippen LogP contribution is -2.52. The van der Waals surface area contributed by atoms with Crippen LogP contribution in [0.4, 0.5) is 0 Å². The third-order valence-electron chi connectivity index (χ3n) is 4.66. The normalized spacial score (nSPS) is 29.1. The fourth-order valence-corrected chi connectivity index (χ4v) is 3.77. The third kappa shape index (κ3) is 4.83. The minimum atomic E-state index is -0.577. The number of likely N-dealkylation sites (tertiary alicyclic amines) is 1. The molecule has 2 rings (SSSR count). The number of carbonyl (C=O) groups excluding carboxylic acids is 2.